The molecule has 0 aliphatic carbocycles. The van der Waals surface area contributed by atoms with Gasteiger partial charge in [-0.3, -0.25) is 10.1 Å². The van der Waals surface area contributed by atoms with Gasteiger partial charge in [0.15, 0.2) is 11.5 Å². The second-order valence-electron chi connectivity index (χ2n) is 8.78. The van der Waals surface area contributed by atoms with E-state index in [2.05, 4.69) is 9.50 Å². The van der Waals surface area contributed by atoms with Crippen molar-refractivity contribution in [3.8, 4) is 11.5 Å². The second kappa shape index (κ2) is 9.33. The average Bonchev–Trinajstić information content (AvgIpc) is 2.52. The minimum absolute atomic E-state index is 0.115. The number of ether oxygens (including phenoxy) is 2. The molecule has 0 heterocycles. The van der Waals surface area contributed by atoms with Crippen molar-refractivity contribution in [2.45, 2.75) is 65.5 Å². The van der Waals surface area contributed by atoms with Crippen LogP contribution in [0.5, 0.6) is 11.5 Å². The van der Waals surface area contributed by atoms with Gasteiger partial charge in [-0.25, -0.2) is 4.79 Å². The lowest BCUT2D eigenvalue weighted by Crippen LogP contribution is -2.29. The van der Waals surface area contributed by atoms with Gasteiger partial charge in [0.05, 0.1) is 5.69 Å². The number of benzene rings is 1. The van der Waals surface area contributed by atoms with Crippen LogP contribution in [-0.2, 0) is 19.6 Å². The Hall–Kier alpha value is -2.50. The number of carbonyl (C=O) groups excluding carboxylic acids is 2. The van der Waals surface area contributed by atoms with Crippen molar-refractivity contribution < 1.29 is 44.8 Å². The van der Waals surface area contributed by atoms with Crippen molar-refractivity contribution >= 4 is 27.9 Å². The standard InChI is InChI=1S/C19H26F3NO7S/c1-17(2,3)11-10-14(24)28-15-12(23-16(25)29-18(4,5)6)8-7-9-13(15)30-31(26,27)19(20,21)22/h7-9H,10-11H2,1-6H3,(H,23,25). The molecular weight excluding hydrogens is 443 g/mol. The summed E-state index contributed by atoms with van der Waals surface area (Å²) >= 11 is 0. The molecular formula is C19H26F3NO7S. The lowest BCUT2D eigenvalue weighted by molar-refractivity contribution is -0.135. The highest BCUT2D eigenvalue weighted by atomic mass is 32.2. The molecule has 1 aromatic carbocycles. The highest BCUT2D eigenvalue weighted by molar-refractivity contribution is 7.88. The average molecular weight is 469 g/mol. The number of para-hydroxylation sites is 1. The summed E-state index contributed by atoms with van der Waals surface area (Å²) in [7, 11) is -6.05. The predicted molar refractivity (Wildman–Crippen MR) is 106 cm³/mol. The first-order valence-electron chi connectivity index (χ1n) is 9.15. The first kappa shape index (κ1) is 26.5. The molecule has 1 amide bonds. The van der Waals surface area contributed by atoms with Crippen LogP contribution in [0.2, 0.25) is 0 Å². The SMILES string of the molecule is CC(C)(C)CCC(=O)Oc1c(NC(=O)OC(C)(C)C)cccc1OS(=O)(=O)C(F)(F)F. The zero-order valence-corrected chi connectivity index (χ0v) is 18.9. The number of rotatable bonds is 6. The van der Waals surface area contributed by atoms with Gasteiger partial charge >= 0.3 is 27.7 Å². The molecule has 176 valence electrons. The van der Waals surface area contributed by atoms with Crippen molar-refractivity contribution in [2.24, 2.45) is 5.41 Å². The van der Waals surface area contributed by atoms with Crippen molar-refractivity contribution in [3.63, 3.8) is 0 Å². The van der Waals surface area contributed by atoms with E-state index >= 15 is 0 Å². The number of hydrogen-bond donors (Lipinski definition) is 1. The lowest BCUT2D eigenvalue weighted by Gasteiger charge is -2.21. The number of alkyl halides is 3. The van der Waals surface area contributed by atoms with E-state index in [1.165, 1.54) is 6.07 Å². The van der Waals surface area contributed by atoms with Crippen LogP contribution in [0.3, 0.4) is 0 Å². The van der Waals surface area contributed by atoms with Crippen molar-refractivity contribution in [3.05, 3.63) is 18.2 Å². The van der Waals surface area contributed by atoms with Crippen LogP contribution in [0.25, 0.3) is 0 Å². The highest BCUT2D eigenvalue weighted by Gasteiger charge is 2.49. The van der Waals surface area contributed by atoms with Crippen molar-refractivity contribution in [1.82, 2.24) is 0 Å². The summed E-state index contributed by atoms with van der Waals surface area (Å²) in [5.74, 6) is -2.47. The van der Waals surface area contributed by atoms with Crippen LogP contribution in [0.1, 0.15) is 54.4 Å². The molecule has 0 aliphatic heterocycles. The molecule has 0 saturated heterocycles. The predicted octanol–water partition coefficient (Wildman–Crippen LogP) is 4.99. The third-order valence-corrected chi connectivity index (χ3v) is 4.36. The monoisotopic (exact) mass is 469 g/mol. The molecule has 0 atom stereocenters. The van der Waals surface area contributed by atoms with E-state index in [0.717, 1.165) is 12.1 Å². The van der Waals surface area contributed by atoms with Crippen LogP contribution in [0, 0.1) is 5.41 Å². The summed E-state index contributed by atoms with van der Waals surface area (Å²) in [6.45, 7) is 10.3. The fourth-order valence-electron chi connectivity index (χ4n) is 2.01. The molecule has 0 saturated carbocycles. The van der Waals surface area contributed by atoms with Gasteiger partial charge in [0.25, 0.3) is 0 Å². The Kier molecular flexibility index (Phi) is 7.98. The van der Waals surface area contributed by atoms with E-state index in [0.29, 0.717) is 6.42 Å². The van der Waals surface area contributed by atoms with E-state index < -0.39 is 44.8 Å². The van der Waals surface area contributed by atoms with Gasteiger partial charge in [-0.15, -0.1) is 0 Å². The van der Waals surface area contributed by atoms with Crippen LogP contribution in [-0.4, -0.2) is 31.6 Å². The van der Waals surface area contributed by atoms with E-state index in [4.69, 9.17) is 9.47 Å². The summed E-state index contributed by atoms with van der Waals surface area (Å²) in [5, 5.41) is 2.22. The summed E-state index contributed by atoms with van der Waals surface area (Å²) in [4.78, 5) is 24.3. The largest absolute Gasteiger partial charge is 0.534 e. The molecule has 0 unspecified atom stereocenters. The van der Waals surface area contributed by atoms with Gasteiger partial charge in [-0.2, -0.15) is 21.6 Å². The fraction of sp³-hybridized carbons (Fsp3) is 0.579. The number of esters is 1. The van der Waals surface area contributed by atoms with E-state index in [9.17, 15) is 31.2 Å². The summed E-state index contributed by atoms with van der Waals surface area (Å²) in [6.07, 6.45) is -0.740. The molecule has 0 radical (unpaired) electrons. The van der Waals surface area contributed by atoms with Gasteiger partial charge in [-0.1, -0.05) is 26.8 Å². The Balaban J connectivity index is 3.31. The topological polar surface area (TPSA) is 108 Å². The highest BCUT2D eigenvalue weighted by Crippen LogP contribution is 2.39. The maximum absolute atomic E-state index is 12.8. The Morgan fingerprint density at radius 1 is 1.03 bits per heavy atom. The van der Waals surface area contributed by atoms with E-state index in [1.54, 1.807) is 20.8 Å². The first-order valence-corrected chi connectivity index (χ1v) is 10.6. The Labute approximate surface area is 179 Å². The lowest BCUT2D eigenvalue weighted by atomic mass is 9.91. The van der Waals surface area contributed by atoms with Crippen LogP contribution in [0.4, 0.5) is 23.7 Å². The Morgan fingerprint density at radius 2 is 1.61 bits per heavy atom. The third-order valence-electron chi connectivity index (χ3n) is 3.39. The summed E-state index contributed by atoms with van der Waals surface area (Å²) < 4.78 is 75.4. The summed E-state index contributed by atoms with van der Waals surface area (Å²) in [5.41, 5.74) is -7.17. The first-order chi connectivity index (χ1) is 13.8. The van der Waals surface area contributed by atoms with Crippen LogP contribution < -0.4 is 14.2 Å². The maximum Gasteiger partial charge on any atom is 0.534 e. The number of carbonyl (C=O) groups is 2. The van der Waals surface area contributed by atoms with E-state index in [1.807, 2.05) is 20.8 Å². The Morgan fingerprint density at radius 3 is 2.10 bits per heavy atom. The normalized spacial score (nSPS) is 12.8. The smallest absolute Gasteiger partial charge is 0.444 e. The van der Waals surface area contributed by atoms with E-state index in [-0.39, 0.29) is 17.5 Å². The van der Waals surface area contributed by atoms with Gasteiger partial charge in [0.2, 0.25) is 0 Å². The van der Waals surface area contributed by atoms with Crippen LogP contribution in [0.15, 0.2) is 18.2 Å². The Bertz CT molecular complexity index is 914. The minimum atomic E-state index is -6.05. The van der Waals surface area contributed by atoms with Gasteiger partial charge < -0.3 is 13.7 Å². The van der Waals surface area contributed by atoms with Gasteiger partial charge in [0, 0.05) is 6.42 Å². The van der Waals surface area contributed by atoms with Gasteiger partial charge in [-0.05, 0) is 44.7 Å². The number of nitrogens with one attached hydrogen (secondary N) is 1. The molecule has 1 rings (SSSR count). The molecule has 31 heavy (non-hydrogen) atoms. The number of halogens is 3. The van der Waals surface area contributed by atoms with Crippen molar-refractivity contribution in [2.75, 3.05) is 5.32 Å². The quantitative estimate of drug-likeness (QED) is 0.270. The zero-order chi connectivity index (χ0) is 24.3. The van der Waals surface area contributed by atoms with Crippen molar-refractivity contribution in [1.29, 1.82) is 0 Å². The zero-order valence-electron chi connectivity index (χ0n) is 18.0. The fourth-order valence-corrected chi connectivity index (χ4v) is 2.47. The molecule has 0 bridgehead atoms. The molecule has 0 spiro atoms. The molecule has 1 N–H and O–H groups in total. The number of amides is 1. The number of anilines is 1. The molecule has 1 aromatic rings. The number of hydrogen-bond acceptors (Lipinski definition) is 7. The minimum Gasteiger partial charge on any atom is -0.444 e. The summed E-state index contributed by atoms with van der Waals surface area (Å²) in [6, 6.07) is 3.15. The second-order valence-corrected chi connectivity index (χ2v) is 10.3. The molecule has 0 fully saturated rings. The molecule has 0 aromatic heterocycles. The van der Waals surface area contributed by atoms with Gasteiger partial charge in [0.1, 0.15) is 5.60 Å². The molecule has 0 aliphatic rings. The maximum atomic E-state index is 12.8. The van der Waals surface area contributed by atoms with Crippen LogP contribution >= 0.6 is 0 Å². The molecule has 8 nitrogen and oxygen atoms in total. The third kappa shape index (κ3) is 9.03. The molecule has 12 heteroatoms.